The average molecular weight is 236 g/mol. The molecule has 1 aromatic rings. The molecule has 4 heteroatoms. The first-order chi connectivity index (χ1) is 8.17. The van der Waals surface area contributed by atoms with Gasteiger partial charge in [0.1, 0.15) is 5.75 Å². The zero-order chi connectivity index (χ0) is 12.4. The molecule has 0 aliphatic carbocycles. The van der Waals surface area contributed by atoms with Crippen LogP contribution in [0.15, 0.2) is 18.2 Å². The van der Waals surface area contributed by atoms with Crippen molar-refractivity contribution in [1.29, 1.82) is 0 Å². The fraction of sp³-hybridized carbons (Fsp3) is 0.538. The van der Waals surface area contributed by atoms with Crippen molar-refractivity contribution in [2.24, 2.45) is 5.73 Å². The first-order valence-electron chi connectivity index (χ1n) is 5.92. The molecule has 4 nitrogen and oxygen atoms in total. The molecule has 94 valence electrons. The van der Waals surface area contributed by atoms with E-state index in [0.717, 1.165) is 24.3 Å². The van der Waals surface area contributed by atoms with E-state index >= 15 is 0 Å². The molecule has 17 heavy (non-hydrogen) atoms. The normalized spacial score (nSPS) is 22.0. The zero-order valence-corrected chi connectivity index (χ0v) is 10.4. The molecule has 1 heterocycles. The Kier molecular flexibility index (Phi) is 3.66. The Bertz CT molecular complexity index is 395. The summed E-state index contributed by atoms with van der Waals surface area (Å²) in [5.74, 6) is 0.870. The van der Waals surface area contributed by atoms with Crippen molar-refractivity contribution >= 4 is 0 Å². The fourth-order valence-corrected chi connectivity index (χ4v) is 2.52. The summed E-state index contributed by atoms with van der Waals surface area (Å²) in [7, 11) is 3.69. The number of rotatable bonds is 3. The van der Waals surface area contributed by atoms with Gasteiger partial charge in [-0.3, -0.25) is 4.90 Å². The SMILES string of the molecule is COc1ccc2c(c1)CCN(C)C2C(O)CN. The van der Waals surface area contributed by atoms with Gasteiger partial charge < -0.3 is 15.6 Å². The third kappa shape index (κ3) is 2.29. The van der Waals surface area contributed by atoms with E-state index in [9.17, 15) is 5.11 Å². The summed E-state index contributed by atoms with van der Waals surface area (Å²) in [5, 5.41) is 10.0. The molecule has 0 fully saturated rings. The van der Waals surface area contributed by atoms with Crippen molar-refractivity contribution in [2.75, 3.05) is 27.2 Å². The highest BCUT2D eigenvalue weighted by Crippen LogP contribution is 2.33. The second-order valence-electron chi connectivity index (χ2n) is 4.54. The highest BCUT2D eigenvalue weighted by molar-refractivity contribution is 5.39. The minimum atomic E-state index is -0.521. The quantitative estimate of drug-likeness (QED) is 0.804. The molecule has 0 saturated heterocycles. The van der Waals surface area contributed by atoms with Gasteiger partial charge in [-0.15, -0.1) is 0 Å². The Morgan fingerprint density at radius 3 is 3.00 bits per heavy atom. The third-order valence-corrected chi connectivity index (χ3v) is 3.48. The second-order valence-corrected chi connectivity index (χ2v) is 4.54. The smallest absolute Gasteiger partial charge is 0.119 e. The van der Waals surface area contributed by atoms with Crippen LogP contribution in [-0.2, 0) is 6.42 Å². The molecule has 0 amide bonds. The van der Waals surface area contributed by atoms with Crippen molar-refractivity contribution in [3.05, 3.63) is 29.3 Å². The number of hydrogen-bond donors (Lipinski definition) is 2. The van der Waals surface area contributed by atoms with Gasteiger partial charge in [-0.05, 0) is 36.7 Å². The van der Waals surface area contributed by atoms with Gasteiger partial charge >= 0.3 is 0 Å². The molecule has 0 aromatic heterocycles. The minimum Gasteiger partial charge on any atom is -0.497 e. The van der Waals surface area contributed by atoms with Crippen LogP contribution in [0.1, 0.15) is 17.2 Å². The van der Waals surface area contributed by atoms with Crippen LogP contribution >= 0.6 is 0 Å². The lowest BCUT2D eigenvalue weighted by atomic mass is 9.89. The second kappa shape index (κ2) is 5.04. The van der Waals surface area contributed by atoms with Crippen LogP contribution in [0.4, 0.5) is 0 Å². The highest BCUT2D eigenvalue weighted by Gasteiger charge is 2.29. The number of aliphatic hydroxyl groups is 1. The molecule has 1 aliphatic rings. The van der Waals surface area contributed by atoms with Gasteiger partial charge in [0.2, 0.25) is 0 Å². The number of benzene rings is 1. The molecular formula is C13H20N2O2. The lowest BCUT2D eigenvalue weighted by Crippen LogP contribution is -2.42. The number of fused-ring (bicyclic) bond motifs is 1. The summed E-state index contributed by atoms with van der Waals surface area (Å²) in [6, 6.07) is 6.02. The standard InChI is InChI=1S/C13H20N2O2/c1-15-6-5-9-7-10(17-2)3-4-11(9)13(15)12(16)8-14/h3-4,7,12-13,16H,5-6,8,14H2,1-2H3. The molecule has 1 aromatic carbocycles. The molecular weight excluding hydrogens is 216 g/mol. The number of methoxy groups -OCH3 is 1. The van der Waals surface area contributed by atoms with E-state index in [4.69, 9.17) is 10.5 Å². The summed E-state index contributed by atoms with van der Waals surface area (Å²) >= 11 is 0. The number of ether oxygens (including phenoxy) is 1. The number of nitrogens with zero attached hydrogens (tertiary/aromatic N) is 1. The molecule has 0 radical (unpaired) electrons. The minimum absolute atomic E-state index is 0.00495. The maximum atomic E-state index is 10.0. The summed E-state index contributed by atoms with van der Waals surface area (Å²) < 4.78 is 5.23. The molecule has 1 aliphatic heterocycles. The van der Waals surface area contributed by atoms with E-state index in [1.165, 1.54) is 5.56 Å². The summed E-state index contributed by atoms with van der Waals surface area (Å²) in [5.41, 5.74) is 7.99. The Labute approximate surface area is 102 Å². The fourth-order valence-electron chi connectivity index (χ4n) is 2.52. The largest absolute Gasteiger partial charge is 0.497 e. The van der Waals surface area contributed by atoms with Crippen LogP contribution in [0.3, 0.4) is 0 Å². The van der Waals surface area contributed by atoms with Gasteiger partial charge in [0, 0.05) is 13.1 Å². The van der Waals surface area contributed by atoms with Gasteiger partial charge in [-0.1, -0.05) is 6.07 Å². The topological polar surface area (TPSA) is 58.7 Å². The zero-order valence-electron chi connectivity index (χ0n) is 10.4. The predicted molar refractivity (Wildman–Crippen MR) is 67.1 cm³/mol. The number of nitrogens with two attached hydrogens (primary N) is 1. The highest BCUT2D eigenvalue weighted by atomic mass is 16.5. The van der Waals surface area contributed by atoms with Crippen molar-refractivity contribution < 1.29 is 9.84 Å². The molecule has 0 bridgehead atoms. The first kappa shape index (κ1) is 12.4. The number of aliphatic hydroxyl groups excluding tert-OH is 1. The van der Waals surface area contributed by atoms with E-state index in [1.807, 2.05) is 19.2 Å². The molecule has 0 spiro atoms. The van der Waals surface area contributed by atoms with Crippen LogP contribution < -0.4 is 10.5 Å². The maximum absolute atomic E-state index is 10.0. The van der Waals surface area contributed by atoms with Crippen LogP contribution in [0.2, 0.25) is 0 Å². The van der Waals surface area contributed by atoms with Crippen molar-refractivity contribution in [1.82, 2.24) is 4.90 Å². The van der Waals surface area contributed by atoms with E-state index in [-0.39, 0.29) is 12.6 Å². The van der Waals surface area contributed by atoms with Gasteiger partial charge in [-0.2, -0.15) is 0 Å². The molecule has 0 saturated carbocycles. The molecule has 2 rings (SSSR count). The Hall–Kier alpha value is -1.10. The van der Waals surface area contributed by atoms with Crippen LogP contribution in [0.5, 0.6) is 5.75 Å². The molecule has 2 atom stereocenters. The first-order valence-corrected chi connectivity index (χ1v) is 5.92. The van der Waals surface area contributed by atoms with E-state index < -0.39 is 6.10 Å². The number of likely N-dealkylation sites (N-methyl/N-ethyl adjacent to an activating group) is 1. The predicted octanol–water partition coefficient (Wildman–Crippen LogP) is 0.544. The lowest BCUT2D eigenvalue weighted by molar-refractivity contribution is 0.0627. The lowest BCUT2D eigenvalue weighted by Gasteiger charge is -2.37. The monoisotopic (exact) mass is 236 g/mol. The van der Waals surface area contributed by atoms with E-state index in [2.05, 4.69) is 11.0 Å². The maximum Gasteiger partial charge on any atom is 0.119 e. The summed E-state index contributed by atoms with van der Waals surface area (Å²) in [6.45, 7) is 1.21. The Morgan fingerprint density at radius 1 is 1.59 bits per heavy atom. The van der Waals surface area contributed by atoms with E-state index in [1.54, 1.807) is 7.11 Å². The third-order valence-electron chi connectivity index (χ3n) is 3.48. The average Bonchev–Trinajstić information content (AvgIpc) is 2.37. The molecule has 2 unspecified atom stereocenters. The van der Waals surface area contributed by atoms with Gasteiger partial charge in [-0.25, -0.2) is 0 Å². The molecule has 3 N–H and O–H groups in total. The van der Waals surface area contributed by atoms with Crippen LogP contribution in [0.25, 0.3) is 0 Å². The van der Waals surface area contributed by atoms with Crippen molar-refractivity contribution in [3.63, 3.8) is 0 Å². The summed E-state index contributed by atoms with van der Waals surface area (Å²) in [6.07, 6.45) is 0.462. The van der Waals surface area contributed by atoms with Gasteiger partial charge in [0.05, 0.1) is 19.3 Å². The Morgan fingerprint density at radius 2 is 2.35 bits per heavy atom. The van der Waals surface area contributed by atoms with Gasteiger partial charge in [0.25, 0.3) is 0 Å². The van der Waals surface area contributed by atoms with Crippen LogP contribution in [0, 0.1) is 0 Å². The summed E-state index contributed by atoms with van der Waals surface area (Å²) in [4.78, 5) is 2.16. The van der Waals surface area contributed by atoms with Crippen molar-refractivity contribution in [3.8, 4) is 5.75 Å². The number of hydrogen-bond acceptors (Lipinski definition) is 4. The van der Waals surface area contributed by atoms with Crippen LogP contribution in [-0.4, -0.2) is 43.4 Å². The van der Waals surface area contributed by atoms with Gasteiger partial charge in [0.15, 0.2) is 0 Å². The van der Waals surface area contributed by atoms with Crippen molar-refractivity contribution in [2.45, 2.75) is 18.6 Å². The van der Waals surface area contributed by atoms with E-state index in [0.29, 0.717) is 0 Å². The Balaban J connectivity index is 2.38.